The molecule has 2 N–H and O–H groups in total. The molecule has 0 aliphatic heterocycles. The number of esters is 1. The van der Waals surface area contributed by atoms with Crippen LogP contribution in [0.4, 0.5) is 5.69 Å². The van der Waals surface area contributed by atoms with Crippen LogP contribution in [0.1, 0.15) is 26.5 Å². The standard InChI is InChI=1S/C23H21Cl2N5O4S/c1-3-10-30-19(12-26-21(32)14-4-7-16(24)8-5-14)28-29-23(30)35-13-20(31)27-18-11-15(22(33)34-2)6-9-17(18)25/h3-9,11H,1,10,12-13H2,2H3,(H,26,32)(H,27,31). The predicted octanol–water partition coefficient (Wildman–Crippen LogP) is 4.22. The predicted molar refractivity (Wildman–Crippen MR) is 135 cm³/mol. The Labute approximate surface area is 215 Å². The quantitative estimate of drug-likeness (QED) is 0.227. The largest absolute Gasteiger partial charge is 0.465 e. The molecule has 35 heavy (non-hydrogen) atoms. The number of anilines is 1. The summed E-state index contributed by atoms with van der Waals surface area (Å²) in [4.78, 5) is 36.6. The second-order valence-electron chi connectivity index (χ2n) is 7.01. The number of carbonyl (C=O) groups is 3. The first kappa shape index (κ1) is 26.3. The SMILES string of the molecule is C=CCn1c(CNC(=O)c2ccc(Cl)cc2)nnc1SCC(=O)Nc1cc(C(=O)OC)ccc1Cl. The van der Waals surface area contributed by atoms with E-state index in [1.165, 1.54) is 25.3 Å². The fourth-order valence-corrected chi connectivity index (χ4v) is 3.97. The van der Waals surface area contributed by atoms with Crippen LogP contribution in [0, 0.1) is 0 Å². The van der Waals surface area contributed by atoms with Crippen molar-refractivity contribution >= 4 is 58.4 Å². The summed E-state index contributed by atoms with van der Waals surface area (Å²) in [6, 6.07) is 11.0. The molecule has 0 saturated carbocycles. The van der Waals surface area contributed by atoms with Gasteiger partial charge in [0.1, 0.15) is 0 Å². The van der Waals surface area contributed by atoms with Crippen molar-refractivity contribution in [1.82, 2.24) is 20.1 Å². The molecular weight excluding hydrogens is 513 g/mol. The number of methoxy groups -OCH3 is 1. The molecule has 0 aliphatic carbocycles. The molecule has 1 aromatic heterocycles. The van der Waals surface area contributed by atoms with Gasteiger partial charge in [0.25, 0.3) is 5.91 Å². The Bertz CT molecular complexity index is 1250. The van der Waals surface area contributed by atoms with Gasteiger partial charge in [-0.15, -0.1) is 16.8 Å². The van der Waals surface area contributed by atoms with Crippen LogP contribution in [0.3, 0.4) is 0 Å². The van der Waals surface area contributed by atoms with Crippen LogP contribution >= 0.6 is 35.0 Å². The second kappa shape index (κ2) is 12.4. The number of nitrogens with one attached hydrogen (secondary N) is 2. The first-order chi connectivity index (χ1) is 16.8. The average Bonchev–Trinajstić information content (AvgIpc) is 3.24. The zero-order valence-corrected chi connectivity index (χ0v) is 20.9. The molecule has 0 atom stereocenters. The molecule has 0 aliphatic rings. The molecule has 2 aromatic carbocycles. The summed E-state index contributed by atoms with van der Waals surface area (Å²) in [5.74, 6) is -0.673. The van der Waals surface area contributed by atoms with Gasteiger partial charge in [-0.1, -0.05) is 41.0 Å². The fraction of sp³-hybridized carbons (Fsp3) is 0.174. The van der Waals surface area contributed by atoms with Gasteiger partial charge in [-0.2, -0.15) is 0 Å². The van der Waals surface area contributed by atoms with E-state index in [4.69, 9.17) is 23.2 Å². The molecule has 12 heteroatoms. The summed E-state index contributed by atoms with van der Waals surface area (Å²) in [5.41, 5.74) is 1.01. The highest BCUT2D eigenvalue weighted by atomic mass is 35.5. The number of halogens is 2. The van der Waals surface area contributed by atoms with Gasteiger partial charge < -0.3 is 19.9 Å². The minimum Gasteiger partial charge on any atom is -0.465 e. The Hall–Kier alpha value is -3.34. The van der Waals surface area contributed by atoms with Crippen molar-refractivity contribution in [3.63, 3.8) is 0 Å². The van der Waals surface area contributed by atoms with Crippen molar-refractivity contribution in [3.05, 3.63) is 82.1 Å². The van der Waals surface area contributed by atoms with Crippen molar-refractivity contribution in [1.29, 1.82) is 0 Å². The molecule has 0 unspecified atom stereocenters. The third-order valence-corrected chi connectivity index (χ3v) is 6.16. The summed E-state index contributed by atoms with van der Waals surface area (Å²) in [7, 11) is 1.27. The van der Waals surface area contributed by atoms with E-state index in [0.29, 0.717) is 33.8 Å². The molecule has 0 bridgehead atoms. The highest BCUT2D eigenvalue weighted by Gasteiger charge is 2.16. The lowest BCUT2D eigenvalue weighted by Gasteiger charge is -2.10. The molecule has 9 nitrogen and oxygen atoms in total. The van der Waals surface area contributed by atoms with Crippen molar-refractivity contribution < 1.29 is 19.1 Å². The van der Waals surface area contributed by atoms with Crippen LogP contribution in [0.25, 0.3) is 0 Å². The van der Waals surface area contributed by atoms with Gasteiger partial charge in [0, 0.05) is 17.1 Å². The number of ether oxygens (including phenoxy) is 1. The first-order valence-electron chi connectivity index (χ1n) is 10.2. The lowest BCUT2D eigenvalue weighted by atomic mass is 10.2. The Morgan fingerprint density at radius 1 is 1.11 bits per heavy atom. The van der Waals surface area contributed by atoms with Crippen LogP contribution in [0.2, 0.25) is 10.0 Å². The number of nitrogens with zero attached hydrogens (tertiary/aromatic N) is 3. The number of allylic oxidation sites excluding steroid dienone is 1. The van der Waals surface area contributed by atoms with Gasteiger partial charge in [-0.3, -0.25) is 9.59 Å². The third kappa shape index (κ3) is 7.08. The molecule has 3 rings (SSSR count). The van der Waals surface area contributed by atoms with Gasteiger partial charge in [0.15, 0.2) is 11.0 Å². The van der Waals surface area contributed by atoms with Gasteiger partial charge in [-0.05, 0) is 42.5 Å². The smallest absolute Gasteiger partial charge is 0.337 e. The van der Waals surface area contributed by atoms with Crippen molar-refractivity contribution in [2.75, 3.05) is 18.2 Å². The maximum atomic E-state index is 12.5. The summed E-state index contributed by atoms with van der Waals surface area (Å²) in [6.45, 7) is 4.26. The number of carbonyl (C=O) groups excluding carboxylic acids is 3. The lowest BCUT2D eigenvalue weighted by molar-refractivity contribution is -0.113. The van der Waals surface area contributed by atoms with Crippen LogP contribution < -0.4 is 10.6 Å². The van der Waals surface area contributed by atoms with Crippen LogP contribution in [0.5, 0.6) is 0 Å². The maximum Gasteiger partial charge on any atom is 0.337 e. The van der Waals surface area contributed by atoms with E-state index in [-0.39, 0.29) is 34.7 Å². The molecule has 0 fully saturated rings. The first-order valence-corrected chi connectivity index (χ1v) is 11.9. The summed E-state index contributed by atoms with van der Waals surface area (Å²) < 4.78 is 6.44. The Morgan fingerprint density at radius 2 is 1.83 bits per heavy atom. The highest BCUT2D eigenvalue weighted by Crippen LogP contribution is 2.24. The Morgan fingerprint density at radius 3 is 2.51 bits per heavy atom. The van der Waals surface area contributed by atoms with Crippen molar-refractivity contribution in [3.8, 4) is 0 Å². The topological polar surface area (TPSA) is 115 Å². The maximum absolute atomic E-state index is 12.5. The average molecular weight is 534 g/mol. The monoisotopic (exact) mass is 533 g/mol. The molecule has 182 valence electrons. The molecule has 0 saturated heterocycles. The number of hydrogen-bond acceptors (Lipinski definition) is 7. The summed E-state index contributed by atoms with van der Waals surface area (Å²) in [6.07, 6.45) is 1.66. The van der Waals surface area contributed by atoms with E-state index in [9.17, 15) is 14.4 Å². The van der Waals surface area contributed by atoms with Crippen molar-refractivity contribution in [2.24, 2.45) is 0 Å². The zero-order chi connectivity index (χ0) is 25.4. The fourth-order valence-electron chi connectivity index (χ4n) is 2.91. The number of hydrogen-bond donors (Lipinski definition) is 2. The van der Waals surface area contributed by atoms with Crippen LogP contribution in [-0.2, 0) is 22.6 Å². The van der Waals surface area contributed by atoms with E-state index in [1.807, 2.05) is 0 Å². The molecular formula is C23H21Cl2N5O4S. The minimum absolute atomic E-state index is 0.00515. The molecule has 1 heterocycles. The number of aromatic nitrogens is 3. The van der Waals surface area contributed by atoms with E-state index in [0.717, 1.165) is 11.8 Å². The van der Waals surface area contributed by atoms with Gasteiger partial charge >= 0.3 is 5.97 Å². The van der Waals surface area contributed by atoms with Gasteiger partial charge in [0.05, 0.1) is 35.7 Å². The molecule has 0 radical (unpaired) electrons. The minimum atomic E-state index is -0.542. The Balaban J connectivity index is 1.63. The number of rotatable bonds is 10. The molecule has 3 aromatic rings. The summed E-state index contributed by atoms with van der Waals surface area (Å²) in [5, 5.41) is 15.0. The highest BCUT2D eigenvalue weighted by molar-refractivity contribution is 7.99. The van der Waals surface area contributed by atoms with Crippen LogP contribution in [-0.4, -0.2) is 45.4 Å². The van der Waals surface area contributed by atoms with Crippen molar-refractivity contribution in [2.45, 2.75) is 18.2 Å². The van der Waals surface area contributed by atoms with E-state index in [1.54, 1.807) is 34.9 Å². The van der Waals surface area contributed by atoms with E-state index in [2.05, 4.69) is 32.1 Å². The van der Waals surface area contributed by atoms with E-state index >= 15 is 0 Å². The van der Waals surface area contributed by atoms with Gasteiger partial charge in [0.2, 0.25) is 5.91 Å². The van der Waals surface area contributed by atoms with Gasteiger partial charge in [-0.25, -0.2) is 4.79 Å². The lowest BCUT2D eigenvalue weighted by Crippen LogP contribution is -2.24. The number of amides is 2. The summed E-state index contributed by atoms with van der Waals surface area (Å²) >= 11 is 13.2. The van der Waals surface area contributed by atoms with E-state index < -0.39 is 5.97 Å². The molecule has 0 spiro atoms. The Kier molecular flexibility index (Phi) is 9.30. The number of benzene rings is 2. The number of thioether (sulfide) groups is 1. The zero-order valence-electron chi connectivity index (χ0n) is 18.6. The molecule has 2 amide bonds. The second-order valence-corrected chi connectivity index (χ2v) is 8.80. The van der Waals surface area contributed by atoms with Crippen LogP contribution in [0.15, 0.2) is 60.3 Å². The third-order valence-electron chi connectivity index (χ3n) is 4.61. The normalized spacial score (nSPS) is 10.5.